The third-order valence-corrected chi connectivity index (χ3v) is 3.42. The minimum absolute atomic E-state index is 0.0568. The fourth-order valence-corrected chi connectivity index (χ4v) is 2.11. The Hall–Kier alpha value is -0.200. The Balaban J connectivity index is 2.95. The maximum atomic E-state index is 8.51. The summed E-state index contributed by atoms with van der Waals surface area (Å²) in [5, 5.41) is 8.51. The fraction of sp³-hybridized carbons (Fsp3) is 1.00. The van der Waals surface area contributed by atoms with Crippen LogP contribution in [0, 0.1) is 5.92 Å². The molecule has 0 spiro atoms. The summed E-state index contributed by atoms with van der Waals surface area (Å²) in [6.07, 6.45) is 7.82. The van der Waals surface area contributed by atoms with Crippen LogP contribution in [0.2, 0.25) is 0 Å². The van der Waals surface area contributed by atoms with Crippen LogP contribution in [-0.2, 0) is 18.9 Å². The second-order valence-electron chi connectivity index (χ2n) is 6.12. The monoisotopic (exact) mass is 334 g/mol. The van der Waals surface area contributed by atoms with Gasteiger partial charge in [0.25, 0.3) is 0 Å². The van der Waals surface area contributed by atoms with Crippen LogP contribution in [0.4, 0.5) is 0 Å². The molecule has 140 valence electrons. The number of aliphatic hydroxyl groups is 1. The molecule has 23 heavy (non-hydrogen) atoms. The lowest BCUT2D eigenvalue weighted by atomic mass is 10.0. The van der Waals surface area contributed by atoms with Gasteiger partial charge in [0.1, 0.15) is 0 Å². The molecule has 0 heterocycles. The third-order valence-electron chi connectivity index (χ3n) is 3.42. The van der Waals surface area contributed by atoms with E-state index in [-0.39, 0.29) is 6.61 Å². The largest absolute Gasteiger partial charge is 0.394 e. The van der Waals surface area contributed by atoms with Crippen LogP contribution >= 0.6 is 0 Å². The molecule has 0 aromatic heterocycles. The number of rotatable bonds is 19. The molecule has 0 aromatic rings. The van der Waals surface area contributed by atoms with Crippen LogP contribution < -0.4 is 0 Å². The van der Waals surface area contributed by atoms with Gasteiger partial charge in [0.15, 0.2) is 0 Å². The minimum Gasteiger partial charge on any atom is -0.394 e. The molecule has 5 heteroatoms. The molecule has 0 atom stereocenters. The first kappa shape index (κ1) is 22.8. The molecule has 0 saturated carbocycles. The van der Waals surface area contributed by atoms with Gasteiger partial charge in [-0.1, -0.05) is 46.0 Å². The summed E-state index contributed by atoms with van der Waals surface area (Å²) >= 11 is 0. The van der Waals surface area contributed by atoms with Crippen LogP contribution in [-0.4, -0.2) is 64.6 Å². The van der Waals surface area contributed by atoms with Crippen molar-refractivity contribution in [1.29, 1.82) is 0 Å². The van der Waals surface area contributed by atoms with Gasteiger partial charge in [-0.3, -0.25) is 0 Å². The molecule has 0 unspecified atom stereocenters. The summed E-state index contributed by atoms with van der Waals surface area (Å²) in [5.74, 6) is 0.836. The standard InChI is InChI=1S/C18H38O5/c1-18(2)8-6-4-3-5-7-10-20-12-14-22-16-17-23-15-13-21-11-9-19/h18-19H,3-17H2,1-2H3. The maximum Gasteiger partial charge on any atom is 0.0701 e. The Morgan fingerprint density at radius 1 is 0.565 bits per heavy atom. The molecule has 0 saturated heterocycles. The van der Waals surface area contributed by atoms with Crippen LogP contribution in [0.3, 0.4) is 0 Å². The third kappa shape index (κ3) is 21.8. The lowest BCUT2D eigenvalue weighted by Crippen LogP contribution is -2.12. The lowest BCUT2D eigenvalue weighted by molar-refractivity contribution is -0.00577. The van der Waals surface area contributed by atoms with Crippen molar-refractivity contribution in [2.24, 2.45) is 5.92 Å². The van der Waals surface area contributed by atoms with Gasteiger partial charge in [-0.25, -0.2) is 0 Å². The number of hydrogen-bond acceptors (Lipinski definition) is 5. The Kier molecular flexibility index (Phi) is 19.7. The highest BCUT2D eigenvalue weighted by Gasteiger charge is 1.95. The average molecular weight is 334 g/mol. The zero-order valence-corrected chi connectivity index (χ0v) is 15.3. The van der Waals surface area contributed by atoms with E-state index in [2.05, 4.69) is 13.8 Å². The molecule has 0 bridgehead atoms. The summed E-state index contributed by atoms with van der Waals surface area (Å²) in [6, 6.07) is 0. The maximum absolute atomic E-state index is 8.51. The predicted molar refractivity (Wildman–Crippen MR) is 92.9 cm³/mol. The summed E-state index contributed by atoms with van der Waals surface area (Å²) < 4.78 is 21.3. The first-order valence-electron chi connectivity index (χ1n) is 9.19. The van der Waals surface area contributed by atoms with Gasteiger partial charge in [0.05, 0.1) is 52.9 Å². The van der Waals surface area contributed by atoms with Crippen molar-refractivity contribution in [3.63, 3.8) is 0 Å². The molecule has 0 aliphatic carbocycles. The summed E-state index contributed by atoms with van der Waals surface area (Å²) in [7, 11) is 0. The number of hydrogen-bond donors (Lipinski definition) is 1. The van der Waals surface area contributed by atoms with Crippen molar-refractivity contribution < 1.29 is 24.1 Å². The first-order valence-corrected chi connectivity index (χ1v) is 9.19. The van der Waals surface area contributed by atoms with E-state index in [1.807, 2.05) is 0 Å². The molecular weight excluding hydrogens is 296 g/mol. The molecule has 0 aromatic carbocycles. The number of aliphatic hydroxyl groups excluding tert-OH is 1. The van der Waals surface area contributed by atoms with E-state index in [0.717, 1.165) is 18.9 Å². The molecule has 0 rings (SSSR count). The van der Waals surface area contributed by atoms with Gasteiger partial charge in [-0.05, 0) is 12.3 Å². The van der Waals surface area contributed by atoms with Crippen LogP contribution in [0.15, 0.2) is 0 Å². The fourth-order valence-electron chi connectivity index (χ4n) is 2.11. The predicted octanol–water partition coefficient (Wildman–Crippen LogP) is 3.04. The second kappa shape index (κ2) is 19.8. The van der Waals surface area contributed by atoms with E-state index < -0.39 is 0 Å². The van der Waals surface area contributed by atoms with Gasteiger partial charge < -0.3 is 24.1 Å². The van der Waals surface area contributed by atoms with Crippen molar-refractivity contribution in [3.8, 4) is 0 Å². The van der Waals surface area contributed by atoms with Crippen LogP contribution in [0.1, 0.15) is 52.4 Å². The smallest absolute Gasteiger partial charge is 0.0701 e. The van der Waals surface area contributed by atoms with E-state index in [1.165, 1.54) is 32.1 Å². The van der Waals surface area contributed by atoms with Crippen molar-refractivity contribution in [2.45, 2.75) is 52.4 Å². The van der Waals surface area contributed by atoms with Gasteiger partial charge in [-0.15, -0.1) is 0 Å². The molecule has 0 aliphatic rings. The van der Waals surface area contributed by atoms with Crippen LogP contribution in [0.25, 0.3) is 0 Å². The van der Waals surface area contributed by atoms with E-state index in [1.54, 1.807) is 0 Å². The Labute approximate surface area is 142 Å². The lowest BCUT2D eigenvalue weighted by Gasteiger charge is -2.07. The normalized spacial score (nSPS) is 11.5. The highest BCUT2D eigenvalue weighted by Crippen LogP contribution is 2.10. The molecular formula is C18H38O5. The Morgan fingerprint density at radius 2 is 1.00 bits per heavy atom. The van der Waals surface area contributed by atoms with Gasteiger partial charge in [-0.2, -0.15) is 0 Å². The van der Waals surface area contributed by atoms with E-state index in [4.69, 9.17) is 24.1 Å². The zero-order valence-electron chi connectivity index (χ0n) is 15.3. The highest BCUT2D eigenvalue weighted by atomic mass is 16.6. The van der Waals surface area contributed by atoms with Crippen molar-refractivity contribution in [3.05, 3.63) is 0 Å². The molecule has 0 amide bonds. The van der Waals surface area contributed by atoms with Crippen molar-refractivity contribution >= 4 is 0 Å². The summed E-state index contributed by atoms with van der Waals surface area (Å²) in [5.41, 5.74) is 0. The highest BCUT2D eigenvalue weighted by molar-refractivity contribution is 4.48. The molecule has 1 N–H and O–H groups in total. The minimum atomic E-state index is 0.0568. The molecule has 0 aliphatic heterocycles. The van der Waals surface area contributed by atoms with Crippen LogP contribution in [0.5, 0.6) is 0 Å². The number of unbranched alkanes of at least 4 members (excludes halogenated alkanes) is 4. The van der Waals surface area contributed by atoms with Gasteiger partial charge >= 0.3 is 0 Å². The summed E-state index contributed by atoms with van der Waals surface area (Å²) in [4.78, 5) is 0. The van der Waals surface area contributed by atoms with Crippen molar-refractivity contribution in [2.75, 3.05) is 59.5 Å². The second-order valence-corrected chi connectivity index (χ2v) is 6.12. The zero-order chi connectivity index (χ0) is 17.0. The first-order chi connectivity index (χ1) is 11.3. The SMILES string of the molecule is CC(C)CCCCCCCOCCOCCOCCOCCO. The topological polar surface area (TPSA) is 57.2 Å². The molecule has 5 nitrogen and oxygen atoms in total. The van der Waals surface area contributed by atoms with E-state index in [9.17, 15) is 0 Å². The van der Waals surface area contributed by atoms with E-state index >= 15 is 0 Å². The Morgan fingerprint density at radius 3 is 1.52 bits per heavy atom. The molecule has 0 fully saturated rings. The molecule has 0 radical (unpaired) electrons. The number of ether oxygens (including phenoxy) is 4. The van der Waals surface area contributed by atoms with Crippen molar-refractivity contribution in [1.82, 2.24) is 0 Å². The van der Waals surface area contributed by atoms with Gasteiger partial charge in [0, 0.05) is 6.61 Å². The average Bonchev–Trinajstić information content (AvgIpc) is 2.53. The quantitative estimate of drug-likeness (QED) is 0.368. The Bertz CT molecular complexity index is 212. The van der Waals surface area contributed by atoms with Gasteiger partial charge in [0.2, 0.25) is 0 Å². The summed E-state index contributed by atoms with van der Waals surface area (Å²) in [6.45, 7) is 9.33. The van der Waals surface area contributed by atoms with E-state index in [0.29, 0.717) is 46.2 Å².